The molecule has 2 amide bonds. The van der Waals surface area contributed by atoms with Crippen LogP contribution in [0.2, 0.25) is 0 Å². The van der Waals surface area contributed by atoms with Crippen LogP contribution in [-0.2, 0) is 0 Å². The number of rotatable bonds is 9. The number of carbonyl (C=O) groups excluding carboxylic acids is 2. The van der Waals surface area contributed by atoms with Crippen molar-refractivity contribution in [2.45, 2.75) is 0 Å². The molecule has 0 saturated heterocycles. The van der Waals surface area contributed by atoms with Gasteiger partial charge in [-0.1, -0.05) is 11.3 Å². The van der Waals surface area contributed by atoms with E-state index in [1.165, 1.54) is 6.07 Å². The fourth-order valence-corrected chi connectivity index (χ4v) is 3.54. The number of nitrogen functional groups attached to an aromatic ring is 1. The van der Waals surface area contributed by atoms with Gasteiger partial charge in [0.15, 0.2) is 10.8 Å². The Labute approximate surface area is 182 Å². The van der Waals surface area contributed by atoms with Crippen molar-refractivity contribution in [3.8, 4) is 5.75 Å². The van der Waals surface area contributed by atoms with E-state index < -0.39 is 11.8 Å². The molecule has 0 bridgehead atoms. The Balaban J connectivity index is 1.77. The molecule has 10 nitrogen and oxygen atoms in total. The first-order valence-corrected chi connectivity index (χ1v) is 10.00. The normalized spacial score (nSPS) is 10.4. The van der Waals surface area contributed by atoms with Crippen LogP contribution in [0, 0.1) is 0 Å². The molecule has 162 valence electrons. The minimum atomic E-state index is -0.766. The third-order valence-electron chi connectivity index (χ3n) is 4.17. The van der Waals surface area contributed by atoms with Gasteiger partial charge in [-0.3, -0.25) is 9.59 Å². The number of benzene rings is 2. The molecule has 3 rings (SSSR count). The minimum Gasteiger partial charge on any atom is -0.497 e. The molecule has 0 saturated carbocycles. The van der Waals surface area contributed by atoms with Gasteiger partial charge in [-0.15, -0.1) is 0 Å². The highest BCUT2D eigenvalue weighted by Gasteiger charge is 2.19. The largest absolute Gasteiger partial charge is 0.497 e. The molecule has 31 heavy (non-hydrogen) atoms. The van der Waals surface area contributed by atoms with E-state index in [1.807, 2.05) is 0 Å². The van der Waals surface area contributed by atoms with E-state index in [0.717, 1.165) is 17.0 Å². The molecule has 1 heterocycles. The zero-order valence-corrected chi connectivity index (χ0v) is 17.5. The van der Waals surface area contributed by atoms with Crippen molar-refractivity contribution in [3.05, 3.63) is 53.7 Å². The predicted octanol–water partition coefficient (Wildman–Crippen LogP) is 2.23. The van der Waals surface area contributed by atoms with Crippen LogP contribution in [0.3, 0.4) is 0 Å². The maximum Gasteiger partial charge on any atom is 0.270 e. The molecule has 2 aromatic carbocycles. The van der Waals surface area contributed by atoms with Crippen LogP contribution in [0.1, 0.15) is 20.8 Å². The van der Waals surface area contributed by atoms with Crippen molar-refractivity contribution in [2.75, 3.05) is 41.9 Å². The molecular formula is C20H22N6O4S. The summed E-state index contributed by atoms with van der Waals surface area (Å²) in [7, 11) is 1.57. The molecule has 8 N–H and O–H groups in total. The number of primary amides is 1. The average Bonchev–Trinajstić information content (AvgIpc) is 3.15. The van der Waals surface area contributed by atoms with Gasteiger partial charge in [0.25, 0.3) is 11.8 Å². The summed E-state index contributed by atoms with van der Waals surface area (Å²) in [6, 6.07) is 11.8. The van der Waals surface area contributed by atoms with Gasteiger partial charge in [-0.25, -0.2) is 4.98 Å². The topological polar surface area (TPSA) is 165 Å². The molecule has 0 fully saturated rings. The lowest BCUT2D eigenvalue weighted by molar-refractivity contribution is 0.0997. The van der Waals surface area contributed by atoms with E-state index in [0.29, 0.717) is 34.4 Å². The molecule has 0 aliphatic rings. The Bertz CT molecular complexity index is 1080. The molecule has 1 aromatic heterocycles. The Morgan fingerprint density at radius 3 is 2.55 bits per heavy atom. The second-order valence-corrected chi connectivity index (χ2v) is 7.32. The van der Waals surface area contributed by atoms with Crippen LogP contribution in [0.25, 0.3) is 0 Å². The highest BCUT2D eigenvalue weighted by Crippen LogP contribution is 2.31. The number of nitrogens with two attached hydrogens (primary N) is 2. The van der Waals surface area contributed by atoms with Gasteiger partial charge in [0.1, 0.15) is 10.8 Å². The number of carbonyl (C=O) groups is 2. The first kappa shape index (κ1) is 21.9. The van der Waals surface area contributed by atoms with Crippen molar-refractivity contribution >= 4 is 50.3 Å². The highest BCUT2D eigenvalue weighted by molar-refractivity contribution is 7.20. The Hall–Kier alpha value is -3.83. The van der Waals surface area contributed by atoms with Crippen LogP contribution in [-0.4, -0.2) is 42.2 Å². The van der Waals surface area contributed by atoms with Crippen molar-refractivity contribution in [3.63, 3.8) is 0 Å². The molecule has 0 spiro atoms. The SMILES string of the molecule is COc1ccc(Nc2nc(C(N)=O)c(NC(=O)c3ccc(NCCO)c(N)c3)s2)cc1. The molecule has 11 heteroatoms. The Morgan fingerprint density at radius 1 is 1.19 bits per heavy atom. The monoisotopic (exact) mass is 442 g/mol. The lowest BCUT2D eigenvalue weighted by Crippen LogP contribution is -2.18. The Morgan fingerprint density at radius 2 is 1.94 bits per heavy atom. The quantitative estimate of drug-likeness (QED) is 0.275. The lowest BCUT2D eigenvalue weighted by atomic mass is 10.1. The number of hydrogen-bond donors (Lipinski definition) is 6. The number of hydrogen-bond acceptors (Lipinski definition) is 9. The van der Waals surface area contributed by atoms with Gasteiger partial charge in [-0.2, -0.15) is 0 Å². The number of thiazole rings is 1. The summed E-state index contributed by atoms with van der Waals surface area (Å²) in [5.41, 5.74) is 13.3. The molecule has 0 atom stereocenters. The van der Waals surface area contributed by atoms with Gasteiger partial charge in [-0.05, 0) is 42.5 Å². The highest BCUT2D eigenvalue weighted by atomic mass is 32.1. The number of aliphatic hydroxyl groups excluding tert-OH is 1. The van der Waals surface area contributed by atoms with Gasteiger partial charge >= 0.3 is 0 Å². The summed E-state index contributed by atoms with van der Waals surface area (Å²) in [5.74, 6) is -0.535. The van der Waals surface area contributed by atoms with Gasteiger partial charge in [0, 0.05) is 17.8 Å². The zero-order valence-electron chi connectivity index (χ0n) is 16.6. The smallest absolute Gasteiger partial charge is 0.270 e. The van der Waals surface area contributed by atoms with E-state index in [4.69, 9.17) is 21.3 Å². The summed E-state index contributed by atoms with van der Waals surface area (Å²) in [5, 5.41) is 18.2. The molecule has 3 aromatic rings. The fraction of sp³-hybridized carbons (Fsp3) is 0.150. The number of methoxy groups -OCH3 is 1. The van der Waals surface area contributed by atoms with Crippen LogP contribution in [0.5, 0.6) is 5.75 Å². The maximum absolute atomic E-state index is 12.7. The molecular weight excluding hydrogens is 420 g/mol. The van der Waals surface area contributed by atoms with Crippen LogP contribution < -0.4 is 32.2 Å². The first-order chi connectivity index (χ1) is 14.9. The number of amides is 2. The molecule has 0 unspecified atom stereocenters. The van der Waals surface area contributed by atoms with Crippen molar-refractivity contribution < 1.29 is 19.4 Å². The van der Waals surface area contributed by atoms with Crippen molar-refractivity contribution in [2.24, 2.45) is 5.73 Å². The Kier molecular flexibility index (Phi) is 6.90. The van der Waals surface area contributed by atoms with Crippen LogP contribution >= 0.6 is 11.3 Å². The van der Waals surface area contributed by atoms with Gasteiger partial charge in [0.05, 0.1) is 25.1 Å². The summed E-state index contributed by atoms with van der Waals surface area (Å²) in [6.07, 6.45) is 0. The second kappa shape index (κ2) is 9.78. The van der Waals surface area contributed by atoms with Crippen molar-refractivity contribution in [1.82, 2.24) is 4.98 Å². The first-order valence-electron chi connectivity index (χ1n) is 9.18. The van der Waals surface area contributed by atoms with E-state index >= 15 is 0 Å². The van der Waals surface area contributed by atoms with Gasteiger partial charge < -0.3 is 37.3 Å². The number of aliphatic hydroxyl groups is 1. The van der Waals surface area contributed by atoms with E-state index in [2.05, 4.69) is 20.9 Å². The third-order valence-corrected chi connectivity index (χ3v) is 5.06. The summed E-state index contributed by atoms with van der Waals surface area (Å²) >= 11 is 1.08. The fourth-order valence-electron chi connectivity index (χ4n) is 2.65. The third kappa shape index (κ3) is 5.41. The summed E-state index contributed by atoms with van der Waals surface area (Å²) < 4.78 is 5.12. The average molecular weight is 443 g/mol. The van der Waals surface area contributed by atoms with Gasteiger partial charge in [0.2, 0.25) is 0 Å². The molecule has 0 aliphatic heterocycles. The second-order valence-electron chi connectivity index (χ2n) is 6.32. The number of nitrogens with one attached hydrogen (secondary N) is 3. The minimum absolute atomic E-state index is 0.0458. The van der Waals surface area contributed by atoms with Crippen LogP contribution in [0.15, 0.2) is 42.5 Å². The molecule has 0 aliphatic carbocycles. The van der Waals surface area contributed by atoms with Crippen LogP contribution in [0.4, 0.5) is 27.2 Å². The molecule has 0 radical (unpaired) electrons. The van der Waals surface area contributed by atoms with Crippen molar-refractivity contribution in [1.29, 1.82) is 0 Å². The van der Waals surface area contributed by atoms with E-state index in [-0.39, 0.29) is 17.3 Å². The van der Waals surface area contributed by atoms with E-state index in [1.54, 1.807) is 43.5 Å². The predicted molar refractivity (Wildman–Crippen MR) is 121 cm³/mol. The van der Waals surface area contributed by atoms with E-state index in [9.17, 15) is 9.59 Å². The number of nitrogens with zero attached hydrogens (tertiary/aromatic N) is 1. The number of ether oxygens (including phenoxy) is 1. The number of anilines is 5. The summed E-state index contributed by atoms with van der Waals surface area (Å²) in [4.78, 5) is 28.7. The summed E-state index contributed by atoms with van der Waals surface area (Å²) in [6.45, 7) is 0.290. The standard InChI is InChI=1S/C20H22N6O4S/c1-30-13-5-3-12(4-6-13)24-20-25-16(17(22)28)19(31-20)26-18(29)11-2-7-15(14(21)10-11)23-8-9-27/h2-7,10,23,27H,8-9,21H2,1H3,(H2,22,28)(H,24,25)(H,26,29). The number of aromatic nitrogens is 1. The maximum atomic E-state index is 12.7. The lowest BCUT2D eigenvalue weighted by Gasteiger charge is -2.10. The zero-order chi connectivity index (χ0) is 22.4.